The summed E-state index contributed by atoms with van der Waals surface area (Å²) in [7, 11) is 0. The molecule has 230 valence electrons. The van der Waals surface area contributed by atoms with E-state index in [0.717, 1.165) is 22.3 Å². The molecule has 44 heavy (non-hydrogen) atoms. The summed E-state index contributed by atoms with van der Waals surface area (Å²) in [6, 6.07) is 39.8. The minimum Gasteiger partial charge on any atom is -0.481 e. The third-order valence-electron chi connectivity index (χ3n) is 7.62. The summed E-state index contributed by atoms with van der Waals surface area (Å²) >= 11 is 0. The van der Waals surface area contributed by atoms with Crippen LogP contribution in [0.15, 0.2) is 121 Å². The molecule has 1 saturated heterocycles. The van der Waals surface area contributed by atoms with Crippen molar-refractivity contribution in [3.8, 4) is 0 Å². The molecule has 1 N–H and O–H groups in total. The zero-order valence-corrected chi connectivity index (χ0v) is 24.8. The summed E-state index contributed by atoms with van der Waals surface area (Å²) in [6.45, 7) is 1.67. The number of carboxylic acids is 1. The second kappa shape index (κ2) is 16.9. The van der Waals surface area contributed by atoms with E-state index in [1.54, 1.807) is 0 Å². The number of carbonyl (C=O) groups is 1. The lowest BCUT2D eigenvalue weighted by Crippen LogP contribution is -2.61. The number of hydrogen-bond acceptors (Lipinski definition) is 6. The van der Waals surface area contributed by atoms with Gasteiger partial charge in [0.25, 0.3) is 0 Å². The van der Waals surface area contributed by atoms with Crippen LogP contribution >= 0.6 is 0 Å². The quantitative estimate of drug-likeness (QED) is 0.156. The van der Waals surface area contributed by atoms with Crippen LogP contribution in [0.25, 0.3) is 0 Å². The van der Waals surface area contributed by atoms with Crippen molar-refractivity contribution in [1.29, 1.82) is 0 Å². The fourth-order valence-electron chi connectivity index (χ4n) is 5.38. The first kappa shape index (κ1) is 31.6. The van der Waals surface area contributed by atoms with Crippen LogP contribution < -0.4 is 0 Å². The standard InChI is InChI=1S/C37H40O7/c38-34(39)22-21-32-35(41-24-29-15-7-2-8-16-29)37(43-26-31-19-11-4-12-20-31)36(42-25-30-17-9-3-10-18-30)33(44-32)27-40-23-28-13-5-1-6-14-28/h1-20,32-33,35-37H,21-27H2,(H,38,39)/t32-,33-,35-,36-,37-/m1/s1. The zero-order chi connectivity index (χ0) is 30.4. The first-order chi connectivity index (χ1) is 21.7. The smallest absolute Gasteiger partial charge is 0.303 e. The van der Waals surface area contributed by atoms with E-state index in [4.69, 9.17) is 23.7 Å². The Morgan fingerprint density at radius 1 is 0.545 bits per heavy atom. The monoisotopic (exact) mass is 596 g/mol. The van der Waals surface area contributed by atoms with Crippen LogP contribution in [0.5, 0.6) is 0 Å². The highest BCUT2D eigenvalue weighted by molar-refractivity contribution is 5.66. The Morgan fingerprint density at radius 3 is 1.36 bits per heavy atom. The van der Waals surface area contributed by atoms with E-state index in [-0.39, 0.29) is 19.4 Å². The minimum absolute atomic E-state index is 0.0611. The van der Waals surface area contributed by atoms with E-state index in [0.29, 0.717) is 26.4 Å². The summed E-state index contributed by atoms with van der Waals surface area (Å²) in [6.07, 6.45) is -2.54. The van der Waals surface area contributed by atoms with E-state index in [1.807, 2.05) is 121 Å². The molecular formula is C37H40O7. The lowest BCUT2D eigenvalue weighted by molar-refractivity contribution is -0.273. The van der Waals surface area contributed by atoms with Gasteiger partial charge in [-0.05, 0) is 28.7 Å². The van der Waals surface area contributed by atoms with Crippen molar-refractivity contribution in [3.63, 3.8) is 0 Å². The van der Waals surface area contributed by atoms with Crippen molar-refractivity contribution in [2.24, 2.45) is 0 Å². The molecule has 0 amide bonds. The molecule has 1 aliphatic rings. The van der Waals surface area contributed by atoms with Gasteiger partial charge in [0.05, 0.1) is 39.1 Å². The Balaban J connectivity index is 1.42. The molecule has 0 saturated carbocycles. The van der Waals surface area contributed by atoms with Crippen molar-refractivity contribution < 1.29 is 33.6 Å². The first-order valence-electron chi connectivity index (χ1n) is 15.1. The van der Waals surface area contributed by atoms with Crippen LogP contribution in [0.2, 0.25) is 0 Å². The van der Waals surface area contributed by atoms with Gasteiger partial charge < -0.3 is 28.8 Å². The van der Waals surface area contributed by atoms with Crippen LogP contribution in [0.4, 0.5) is 0 Å². The summed E-state index contributed by atoms with van der Waals surface area (Å²) in [5.41, 5.74) is 4.09. The molecule has 0 spiro atoms. The predicted molar refractivity (Wildman–Crippen MR) is 167 cm³/mol. The second-order valence-corrected chi connectivity index (χ2v) is 10.9. The van der Waals surface area contributed by atoms with Gasteiger partial charge in [0.2, 0.25) is 0 Å². The molecule has 1 heterocycles. The molecule has 0 aliphatic carbocycles. The summed E-state index contributed by atoms with van der Waals surface area (Å²) < 4.78 is 32.7. The van der Waals surface area contributed by atoms with E-state index in [9.17, 15) is 9.90 Å². The molecule has 7 heteroatoms. The van der Waals surface area contributed by atoms with Gasteiger partial charge in [-0.15, -0.1) is 0 Å². The third-order valence-corrected chi connectivity index (χ3v) is 7.62. The molecule has 0 bridgehead atoms. The highest BCUT2D eigenvalue weighted by atomic mass is 16.6. The maximum Gasteiger partial charge on any atom is 0.303 e. The number of ether oxygens (including phenoxy) is 5. The zero-order valence-electron chi connectivity index (χ0n) is 24.8. The molecule has 1 fully saturated rings. The first-order valence-corrected chi connectivity index (χ1v) is 15.1. The van der Waals surface area contributed by atoms with Crippen molar-refractivity contribution in [3.05, 3.63) is 144 Å². The lowest BCUT2D eigenvalue weighted by atomic mass is 9.91. The minimum atomic E-state index is -0.892. The molecule has 4 aromatic carbocycles. The van der Waals surface area contributed by atoms with E-state index in [2.05, 4.69) is 0 Å². The number of aliphatic carboxylic acids is 1. The number of rotatable bonds is 16. The van der Waals surface area contributed by atoms with Crippen LogP contribution in [0.1, 0.15) is 35.1 Å². The van der Waals surface area contributed by atoms with Crippen molar-refractivity contribution in [2.45, 2.75) is 69.8 Å². The van der Waals surface area contributed by atoms with Gasteiger partial charge in [-0.2, -0.15) is 0 Å². The van der Waals surface area contributed by atoms with Crippen LogP contribution in [-0.2, 0) is 54.9 Å². The average Bonchev–Trinajstić information content (AvgIpc) is 3.07. The van der Waals surface area contributed by atoms with Crippen molar-refractivity contribution >= 4 is 5.97 Å². The number of benzene rings is 4. The molecule has 0 aromatic heterocycles. The number of hydrogen-bond donors (Lipinski definition) is 1. The molecule has 5 rings (SSSR count). The van der Waals surface area contributed by atoms with Crippen LogP contribution in [-0.4, -0.2) is 48.2 Å². The highest BCUT2D eigenvalue weighted by Gasteiger charge is 2.48. The van der Waals surface area contributed by atoms with E-state index in [1.165, 1.54) is 0 Å². The molecular weight excluding hydrogens is 556 g/mol. The van der Waals surface area contributed by atoms with Gasteiger partial charge in [0.15, 0.2) is 0 Å². The fourth-order valence-corrected chi connectivity index (χ4v) is 5.38. The Bertz CT molecular complexity index is 1370. The van der Waals surface area contributed by atoms with E-state index < -0.39 is 36.5 Å². The van der Waals surface area contributed by atoms with E-state index >= 15 is 0 Å². The molecule has 5 atom stereocenters. The van der Waals surface area contributed by atoms with Crippen LogP contribution in [0, 0.1) is 0 Å². The Hall–Kier alpha value is -3.85. The van der Waals surface area contributed by atoms with Gasteiger partial charge in [0, 0.05) is 6.42 Å². The van der Waals surface area contributed by atoms with Gasteiger partial charge in [-0.1, -0.05) is 121 Å². The maximum absolute atomic E-state index is 11.7. The Labute approximate surface area is 259 Å². The predicted octanol–water partition coefficient (Wildman–Crippen LogP) is 6.59. The number of carboxylic acid groups (broad SMARTS) is 1. The van der Waals surface area contributed by atoms with Crippen molar-refractivity contribution in [2.75, 3.05) is 6.61 Å². The van der Waals surface area contributed by atoms with Crippen LogP contribution in [0.3, 0.4) is 0 Å². The van der Waals surface area contributed by atoms with Gasteiger partial charge >= 0.3 is 5.97 Å². The molecule has 4 aromatic rings. The molecule has 0 radical (unpaired) electrons. The third kappa shape index (κ3) is 9.58. The topological polar surface area (TPSA) is 83.5 Å². The Morgan fingerprint density at radius 2 is 0.932 bits per heavy atom. The molecule has 7 nitrogen and oxygen atoms in total. The van der Waals surface area contributed by atoms with Gasteiger partial charge in [-0.3, -0.25) is 4.79 Å². The second-order valence-electron chi connectivity index (χ2n) is 10.9. The average molecular weight is 597 g/mol. The largest absolute Gasteiger partial charge is 0.481 e. The summed E-state index contributed by atoms with van der Waals surface area (Å²) in [5.74, 6) is -0.892. The SMILES string of the molecule is O=C(O)CC[C@H]1O[C@H](COCc2ccccc2)[C@@H](OCc2ccccc2)[C@H](OCc2ccccc2)[C@@H]1OCc1ccccc1. The van der Waals surface area contributed by atoms with Crippen molar-refractivity contribution in [1.82, 2.24) is 0 Å². The summed E-state index contributed by atoms with van der Waals surface area (Å²) in [5, 5.41) is 9.57. The Kier molecular flexibility index (Phi) is 12.1. The molecule has 0 unspecified atom stereocenters. The van der Waals surface area contributed by atoms with Gasteiger partial charge in [0.1, 0.15) is 24.4 Å². The maximum atomic E-state index is 11.7. The lowest BCUT2D eigenvalue weighted by Gasteiger charge is -2.46. The normalized spacial score (nSPS) is 21.6. The summed E-state index contributed by atoms with van der Waals surface area (Å²) in [4.78, 5) is 11.7. The van der Waals surface area contributed by atoms with Gasteiger partial charge in [-0.25, -0.2) is 0 Å². The fraction of sp³-hybridized carbons (Fsp3) is 0.324. The molecule has 1 aliphatic heterocycles. The highest BCUT2D eigenvalue weighted by Crippen LogP contribution is 2.33.